The molecule has 0 bridgehead atoms. The Labute approximate surface area is 127 Å². The fourth-order valence-electron chi connectivity index (χ4n) is 2.74. The van der Waals surface area contributed by atoms with Crippen LogP contribution in [0.3, 0.4) is 0 Å². The van der Waals surface area contributed by atoms with Crippen LogP contribution in [0.15, 0.2) is 0 Å². The molecule has 2 saturated heterocycles. The van der Waals surface area contributed by atoms with E-state index < -0.39 is 10.2 Å². The topological polar surface area (TPSA) is 79.9 Å². The Morgan fingerprint density at radius 3 is 2.81 bits per heavy atom. The highest BCUT2D eigenvalue weighted by atomic mass is 32.2. The molecule has 21 heavy (non-hydrogen) atoms. The number of nitrogens with one attached hydrogen (secondary N) is 2. The summed E-state index contributed by atoms with van der Waals surface area (Å²) < 4.78 is 40.0. The quantitative estimate of drug-likeness (QED) is 0.673. The molecule has 2 rings (SSSR count). The molecule has 0 aromatic heterocycles. The van der Waals surface area contributed by atoms with Gasteiger partial charge in [-0.25, -0.2) is 0 Å². The summed E-state index contributed by atoms with van der Waals surface area (Å²) in [6.07, 6.45) is 2.73. The average Bonchev–Trinajstić information content (AvgIpc) is 2.52. The molecule has 0 saturated carbocycles. The lowest BCUT2D eigenvalue weighted by molar-refractivity contribution is -0.0848. The van der Waals surface area contributed by atoms with Crippen LogP contribution in [-0.2, 0) is 19.7 Å². The molecule has 2 fully saturated rings. The second kappa shape index (κ2) is 8.40. The molecular formula is C13H27N3O4S. The van der Waals surface area contributed by atoms with Crippen molar-refractivity contribution in [3.8, 4) is 0 Å². The zero-order valence-electron chi connectivity index (χ0n) is 12.7. The number of hydrogen-bond donors (Lipinski definition) is 2. The van der Waals surface area contributed by atoms with Crippen molar-refractivity contribution in [1.29, 1.82) is 0 Å². The highest BCUT2D eigenvalue weighted by Crippen LogP contribution is 2.19. The van der Waals surface area contributed by atoms with Crippen molar-refractivity contribution in [2.75, 3.05) is 46.0 Å². The standard InChI is InChI=1S/C13H27N3O4S/c1-2-14-9-12-5-3-4-6-16(12)21(17,18)15-10-13-11-19-7-8-20-13/h12-15H,2-11H2,1H3. The number of ether oxygens (including phenoxy) is 2. The van der Waals surface area contributed by atoms with Gasteiger partial charge in [-0.05, 0) is 19.4 Å². The number of nitrogens with zero attached hydrogens (tertiary/aromatic N) is 1. The summed E-state index contributed by atoms with van der Waals surface area (Å²) in [5.41, 5.74) is 0. The maximum atomic E-state index is 12.5. The van der Waals surface area contributed by atoms with Crippen LogP contribution < -0.4 is 10.0 Å². The van der Waals surface area contributed by atoms with Crippen molar-refractivity contribution in [3.05, 3.63) is 0 Å². The maximum Gasteiger partial charge on any atom is 0.279 e. The molecule has 2 N–H and O–H groups in total. The SMILES string of the molecule is CCNCC1CCCCN1S(=O)(=O)NCC1COCCO1. The van der Waals surface area contributed by atoms with E-state index in [0.717, 1.165) is 25.8 Å². The summed E-state index contributed by atoms with van der Waals surface area (Å²) >= 11 is 0. The van der Waals surface area contributed by atoms with Crippen molar-refractivity contribution in [1.82, 2.24) is 14.3 Å². The molecule has 7 nitrogen and oxygen atoms in total. The second-order valence-corrected chi connectivity index (χ2v) is 7.20. The van der Waals surface area contributed by atoms with Crippen LogP contribution >= 0.6 is 0 Å². The van der Waals surface area contributed by atoms with Gasteiger partial charge in [-0.1, -0.05) is 13.3 Å². The zero-order valence-corrected chi connectivity index (χ0v) is 13.5. The van der Waals surface area contributed by atoms with Gasteiger partial charge in [0.2, 0.25) is 0 Å². The average molecular weight is 321 g/mol. The van der Waals surface area contributed by atoms with Crippen molar-refractivity contribution < 1.29 is 17.9 Å². The monoisotopic (exact) mass is 321 g/mol. The molecule has 0 aromatic rings. The van der Waals surface area contributed by atoms with Gasteiger partial charge < -0.3 is 14.8 Å². The van der Waals surface area contributed by atoms with Gasteiger partial charge in [-0.2, -0.15) is 17.4 Å². The van der Waals surface area contributed by atoms with E-state index in [1.54, 1.807) is 4.31 Å². The lowest BCUT2D eigenvalue weighted by Crippen LogP contribution is -2.53. The normalized spacial score (nSPS) is 28.6. The summed E-state index contributed by atoms with van der Waals surface area (Å²) in [7, 11) is -3.45. The summed E-state index contributed by atoms with van der Waals surface area (Å²) in [5.74, 6) is 0. The molecule has 2 heterocycles. The van der Waals surface area contributed by atoms with E-state index in [1.165, 1.54) is 0 Å². The Bertz CT molecular complexity index is 398. The molecule has 0 amide bonds. The molecule has 0 aliphatic carbocycles. The van der Waals surface area contributed by atoms with Crippen LogP contribution in [0.5, 0.6) is 0 Å². The van der Waals surface area contributed by atoms with E-state index in [0.29, 0.717) is 32.9 Å². The molecule has 0 aromatic carbocycles. The van der Waals surface area contributed by atoms with Crippen LogP contribution in [0.1, 0.15) is 26.2 Å². The molecule has 2 aliphatic rings. The first-order chi connectivity index (χ1) is 10.1. The van der Waals surface area contributed by atoms with Crippen LogP contribution in [0.2, 0.25) is 0 Å². The third-order valence-corrected chi connectivity index (χ3v) is 5.52. The third kappa shape index (κ3) is 5.15. The molecular weight excluding hydrogens is 294 g/mol. The predicted molar refractivity (Wildman–Crippen MR) is 80.4 cm³/mol. The smallest absolute Gasteiger partial charge is 0.279 e. The van der Waals surface area contributed by atoms with E-state index in [4.69, 9.17) is 9.47 Å². The van der Waals surface area contributed by atoms with Gasteiger partial charge in [0.05, 0.1) is 25.9 Å². The van der Waals surface area contributed by atoms with Crippen LogP contribution in [-0.4, -0.2) is 70.9 Å². The summed E-state index contributed by atoms with van der Waals surface area (Å²) in [5, 5.41) is 3.25. The Hall–Kier alpha value is -0.250. The first kappa shape index (κ1) is 17.1. The van der Waals surface area contributed by atoms with E-state index in [2.05, 4.69) is 10.0 Å². The van der Waals surface area contributed by atoms with Gasteiger partial charge in [0.15, 0.2) is 0 Å². The van der Waals surface area contributed by atoms with Crippen molar-refractivity contribution >= 4 is 10.2 Å². The molecule has 124 valence electrons. The largest absolute Gasteiger partial charge is 0.376 e. The van der Waals surface area contributed by atoms with Crippen molar-refractivity contribution in [2.45, 2.75) is 38.3 Å². The summed E-state index contributed by atoms with van der Waals surface area (Å²) in [6, 6.07) is 0.0414. The van der Waals surface area contributed by atoms with E-state index >= 15 is 0 Å². The minimum atomic E-state index is -3.45. The number of likely N-dealkylation sites (N-methyl/N-ethyl adjacent to an activating group) is 1. The van der Waals surface area contributed by atoms with E-state index in [9.17, 15) is 8.42 Å². The Morgan fingerprint density at radius 2 is 2.10 bits per heavy atom. The number of hydrogen-bond acceptors (Lipinski definition) is 5. The number of rotatable bonds is 7. The zero-order chi connectivity index (χ0) is 15.1. The van der Waals surface area contributed by atoms with Gasteiger partial charge in [0.1, 0.15) is 0 Å². The highest BCUT2D eigenvalue weighted by molar-refractivity contribution is 7.87. The predicted octanol–water partition coefficient (Wildman–Crippen LogP) is -0.300. The molecule has 2 atom stereocenters. The molecule has 0 radical (unpaired) electrons. The Balaban J connectivity index is 1.88. The fraction of sp³-hybridized carbons (Fsp3) is 1.00. The van der Waals surface area contributed by atoms with Crippen molar-refractivity contribution in [2.24, 2.45) is 0 Å². The van der Waals surface area contributed by atoms with Crippen LogP contribution in [0.4, 0.5) is 0 Å². The lowest BCUT2D eigenvalue weighted by Gasteiger charge is -2.35. The molecule has 2 unspecified atom stereocenters. The van der Waals surface area contributed by atoms with Gasteiger partial charge in [0, 0.05) is 25.7 Å². The Morgan fingerprint density at radius 1 is 1.24 bits per heavy atom. The number of piperidine rings is 1. The molecule has 2 aliphatic heterocycles. The van der Waals surface area contributed by atoms with E-state index in [1.807, 2.05) is 6.92 Å². The highest BCUT2D eigenvalue weighted by Gasteiger charge is 2.32. The summed E-state index contributed by atoms with van der Waals surface area (Å²) in [4.78, 5) is 0. The first-order valence-corrected chi connectivity index (χ1v) is 9.24. The lowest BCUT2D eigenvalue weighted by atomic mass is 10.1. The van der Waals surface area contributed by atoms with Gasteiger partial charge in [-0.3, -0.25) is 0 Å². The van der Waals surface area contributed by atoms with Crippen molar-refractivity contribution in [3.63, 3.8) is 0 Å². The van der Waals surface area contributed by atoms with Crippen LogP contribution in [0.25, 0.3) is 0 Å². The second-order valence-electron chi connectivity index (χ2n) is 5.49. The fourth-order valence-corrected chi connectivity index (χ4v) is 4.25. The Kier molecular flexibility index (Phi) is 6.84. The molecule has 8 heteroatoms. The van der Waals surface area contributed by atoms with E-state index in [-0.39, 0.29) is 18.7 Å². The van der Waals surface area contributed by atoms with Gasteiger partial charge in [-0.15, -0.1) is 0 Å². The summed E-state index contributed by atoms with van der Waals surface area (Å²) in [6.45, 7) is 6.01. The van der Waals surface area contributed by atoms with Gasteiger partial charge >= 0.3 is 0 Å². The van der Waals surface area contributed by atoms with Gasteiger partial charge in [0.25, 0.3) is 10.2 Å². The third-order valence-electron chi connectivity index (χ3n) is 3.89. The van der Waals surface area contributed by atoms with Crippen LogP contribution in [0, 0.1) is 0 Å². The maximum absolute atomic E-state index is 12.5. The minimum absolute atomic E-state index is 0.0414. The minimum Gasteiger partial charge on any atom is -0.376 e. The molecule has 0 spiro atoms. The first-order valence-electron chi connectivity index (χ1n) is 7.80.